The Bertz CT molecular complexity index is 714. The summed E-state index contributed by atoms with van der Waals surface area (Å²) >= 11 is 10.2. The summed E-state index contributed by atoms with van der Waals surface area (Å²) in [4.78, 5) is 12.3. The van der Waals surface area contributed by atoms with Crippen LogP contribution in [-0.4, -0.2) is 12.6 Å². The van der Waals surface area contributed by atoms with E-state index in [0.29, 0.717) is 34.1 Å². The number of esters is 1. The van der Waals surface area contributed by atoms with Gasteiger partial charge in [0.05, 0.1) is 21.1 Å². The number of carbonyl (C=O) groups excluding carboxylic acids is 1. The third-order valence-electron chi connectivity index (χ3n) is 2.84. The molecule has 0 heterocycles. The molecule has 0 unspecified atom stereocenters. The highest BCUT2D eigenvalue weighted by molar-refractivity contribution is 9.11. The van der Waals surface area contributed by atoms with E-state index < -0.39 is 5.97 Å². The first kappa shape index (κ1) is 18.5. The minimum absolute atomic E-state index is 0.427. The number of rotatable bonds is 5. The highest BCUT2D eigenvalue weighted by Gasteiger charge is 2.13. The van der Waals surface area contributed by atoms with E-state index in [0.717, 1.165) is 8.95 Å². The molecule has 0 bridgehead atoms. The lowest BCUT2D eigenvalue weighted by molar-refractivity contribution is 0.0733. The predicted molar refractivity (Wildman–Crippen MR) is 101 cm³/mol. The molecule has 2 rings (SSSR count). The Morgan fingerprint density at radius 2 is 1.65 bits per heavy atom. The van der Waals surface area contributed by atoms with Crippen LogP contribution in [0.4, 0.5) is 0 Å². The summed E-state index contributed by atoms with van der Waals surface area (Å²) in [6.07, 6.45) is 0. The SMILES string of the molecule is CC(C)COc1ccc(C(=O)Oc2ccc(Br)cc2Br)cc1Br. The summed E-state index contributed by atoms with van der Waals surface area (Å²) in [5, 5.41) is 0. The molecular formula is C17H15Br3O3. The average Bonchev–Trinajstić information content (AvgIpc) is 2.48. The fourth-order valence-electron chi connectivity index (χ4n) is 1.72. The van der Waals surface area contributed by atoms with Crippen molar-refractivity contribution < 1.29 is 14.3 Å². The zero-order chi connectivity index (χ0) is 17.0. The fourth-order valence-corrected chi connectivity index (χ4v) is 3.34. The number of halogens is 3. The molecule has 0 amide bonds. The number of benzene rings is 2. The van der Waals surface area contributed by atoms with Gasteiger partial charge in [0, 0.05) is 4.47 Å². The van der Waals surface area contributed by atoms with Crippen LogP contribution >= 0.6 is 47.8 Å². The van der Waals surface area contributed by atoms with E-state index in [2.05, 4.69) is 61.6 Å². The van der Waals surface area contributed by atoms with Gasteiger partial charge in [-0.1, -0.05) is 29.8 Å². The Kier molecular flexibility index (Phi) is 6.68. The predicted octanol–water partition coefficient (Wildman–Crippen LogP) is 6.23. The van der Waals surface area contributed by atoms with E-state index in [1.165, 1.54) is 0 Å². The maximum Gasteiger partial charge on any atom is 0.343 e. The summed E-state index contributed by atoms with van der Waals surface area (Å²) in [6, 6.07) is 10.5. The Morgan fingerprint density at radius 1 is 1.00 bits per heavy atom. The van der Waals surface area contributed by atoms with Crippen LogP contribution in [0.3, 0.4) is 0 Å². The van der Waals surface area contributed by atoms with Crippen molar-refractivity contribution in [3.63, 3.8) is 0 Å². The van der Waals surface area contributed by atoms with Crippen molar-refractivity contribution >= 4 is 53.8 Å². The van der Waals surface area contributed by atoms with Gasteiger partial charge in [-0.25, -0.2) is 4.79 Å². The van der Waals surface area contributed by atoms with Crippen molar-refractivity contribution in [3.05, 3.63) is 55.4 Å². The molecule has 23 heavy (non-hydrogen) atoms. The third kappa shape index (κ3) is 5.33. The van der Waals surface area contributed by atoms with Crippen LogP contribution in [0.1, 0.15) is 24.2 Å². The van der Waals surface area contributed by atoms with Crippen LogP contribution in [0.5, 0.6) is 11.5 Å². The summed E-state index contributed by atoms with van der Waals surface area (Å²) in [6.45, 7) is 4.78. The zero-order valence-corrected chi connectivity index (χ0v) is 17.4. The van der Waals surface area contributed by atoms with Crippen molar-refractivity contribution in [1.29, 1.82) is 0 Å². The van der Waals surface area contributed by atoms with E-state index in [-0.39, 0.29) is 0 Å². The van der Waals surface area contributed by atoms with Crippen molar-refractivity contribution in [1.82, 2.24) is 0 Å². The molecular weight excluding hydrogens is 492 g/mol. The molecule has 0 N–H and O–H groups in total. The monoisotopic (exact) mass is 504 g/mol. The normalized spacial score (nSPS) is 10.7. The molecule has 0 atom stereocenters. The van der Waals surface area contributed by atoms with Gasteiger partial charge in [0.25, 0.3) is 0 Å². The molecule has 0 saturated carbocycles. The maximum absolute atomic E-state index is 12.3. The van der Waals surface area contributed by atoms with E-state index in [4.69, 9.17) is 9.47 Å². The molecule has 0 aliphatic heterocycles. The minimum Gasteiger partial charge on any atom is -0.492 e. The first-order valence-electron chi connectivity index (χ1n) is 6.96. The van der Waals surface area contributed by atoms with Crippen molar-refractivity contribution in [2.45, 2.75) is 13.8 Å². The standard InChI is InChI=1S/C17H15Br3O3/c1-10(2)9-22-15-5-3-11(7-13(15)19)17(21)23-16-6-4-12(18)8-14(16)20/h3-8,10H,9H2,1-2H3. The number of hydrogen-bond acceptors (Lipinski definition) is 3. The van der Waals surface area contributed by atoms with Gasteiger partial charge in [-0.2, -0.15) is 0 Å². The lowest BCUT2D eigenvalue weighted by atomic mass is 10.2. The Labute approximate surface area is 160 Å². The number of hydrogen-bond donors (Lipinski definition) is 0. The van der Waals surface area contributed by atoms with Crippen molar-refractivity contribution in [2.24, 2.45) is 5.92 Å². The van der Waals surface area contributed by atoms with Gasteiger partial charge in [-0.05, 0) is 74.2 Å². The highest BCUT2D eigenvalue weighted by Crippen LogP contribution is 2.30. The Morgan fingerprint density at radius 3 is 2.26 bits per heavy atom. The van der Waals surface area contributed by atoms with Crippen LogP contribution in [0.2, 0.25) is 0 Å². The van der Waals surface area contributed by atoms with Gasteiger partial charge in [0.2, 0.25) is 0 Å². The van der Waals surface area contributed by atoms with Gasteiger partial charge in [0.1, 0.15) is 11.5 Å². The Balaban J connectivity index is 2.12. The minimum atomic E-state index is -0.427. The van der Waals surface area contributed by atoms with Crippen LogP contribution < -0.4 is 9.47 Å². The maximum atomic E-state index is 12.3. The number of ether oxygens (including phenoxy) is 2. The summed E-state index contributed by atoms with van der Waals surface area (Å²) in [7, 11) is 0. The van der Waals surface area contributed by atoms with E-state index in [1.807, 2.05) is 12.1 Å². The first-order chi connectivity index (χ1) is 10.9. The summed E-state index contributed by atoms with van der Waals surface area (Å²) < 4.78 is 13.4. The second kappa shape index (κ2) is 8.31. The molecule has 0 fully saturated rings. The van der Waals surface area contributed by atoms with Crippen LogP contribution in [-0.2, 0) is 0 Å². The molecule has 122 valence electrons. The van der Waals surface area contributed by atoms with E-state index in [9.17, 15) is 4.79 Å². The zero-order valence-electron chi connectivity index (χ0n) is 12.6. The van der Waals surface area contributed by atoms with E-state index >= 15 is 0 Å². The van der Waals surface area contributed by atoms with E-state index in [1.54, 1.807) is 24.3 Å². The molecule has 2 aromatic rings. The lowest BCUT2D eigenvalue weighted by Crippen LogP contribution is -2.10. The van der Waals surface area contributed by atoms with Crippen LogP contribution in [0.25, 0.3) is 0 Å². The van der Waals surface area contributed by atoms with Gasteiger partial charge < -0.3 is 9.47 Å². The molecule has 2 aromatic carbocycles. The van der Waals surface area contributed by atoms with Gasteiger partial charge in [-0.15, -0.1) is 0 Å². The van der Waals surface area contributed by atoms with Gasteiger partial charge in [0.15, 0.2) is 0 Å². The molecule has 0 aromatic heterocycles. The number of carbonyl (C=O) groups is 1. The van der Waals surface area contributed by atoms with Gasteiger partial charge >= 0.3 is 5.97 Å². The second-order valence-electron chi connectivity index (χ2n) is 5.31. The second-order valence-corrected chi connectivity index (χ2v) is 7.94. The molecule has 0 aliphatic rings. The quantitative estimate of drug-likeness (QED) is 0.356. The molecule has 0 aliphatic carbocycles. The largest absolute Gasteiger partial charge is 0.492 e. The molecule has 6 heteroatoms. The van der Waals surface area contributed by atoms with Crippen molar-refractivity contribution in [3.8, 4) is 11.5 Å². The average molecular weight is 507 g/mol. The van der Waals surface area contributed by atoms with Gasteiger partial charge in [-0.3, -0.25) is 0 Å². The molecule has 0 radical (unpaired) electrons. The van der Waals surface area contributed by atoms with Crippen LogP contribution in [0.15, 0.2) is 49.8 Å². The summed E-state index contributed by atoms with van der Waals surface area (Å²) in [5.41, 5.74) is 0.448. The first-order valence-corrected chi connectivity index (χ1v) is 9.34. The highest BCUT2D eigenvalue weighted by atomic mass is 79.9. The fraction of sp³-hybridized carbons (Fsp3) is 0.235. The molecule has 0 saturated heterocycles. The Hall–Kier alpha value is -0.850. The summed E-state index contributed by atoms with van der Waals surface area (Å²) in [5.74, 6) is 1.18. The lowest BCUT2D eigenvalue weighted by Gasteiger charge is -2.11. The molecule has 0 spiro atoms. The molecule has 3 nitrogen and oxygen atoms in total. The third-order valence-corrected chi connectivity index (χ3v) is 4.57. The topological polar surface area (TPSA) is 35.5 Å². The smallest absolute Gasteiger partial charge is 0.343 e. The van der Waals surface area contributed by atoms with Crippen molar-refractivity contribution in [2.75, 3.05) is 6.61 Å². The van der Waals surface area contributed by atoms with Crippen LogP contribution in [0, 0.1) is 5.92 Å².